The van der Waals surface area contributed by atoms with Gasteiger partial charge in [0, 0.05) is 12.1 Å². The van der Waals surface area contributed by atoms with Gasteiger partial charge >= 0.3 is 0 Å². The minimum absolute atomic E-state index is 0.0599. The number of nitrogens with one attached hydrogen (secondary N) is 2. The smallest absolute Gasteiger partial charge is 0.251 e. The summed E-state index contributed by atoms with van der Waals surface area (Å²) in [5.41, 5.74) is 1.43. The van der Waals surface area contributed by atoms with Gasteiger partial charge in [-0.1, -0.05) is 6.92 Å². The van der Waals surface area contributed by atoms with Gasteiger partial charge in [0.15, 0.2) is 0 Å². The molecule has 104 valence electrons. The molecule has 0 saturated carbocycles. The molecule has 0 bridgehead atoms. The van der Waals surface area contributed by atoms with E-state index in [1.165, 1.54) is 6.42 Å². The maximum Gasteiger partial charge on any atom is 0.251 e. The van der Waals surface area contributed by atoms with E-state index in [1.807, 2.05) is 6.92 Å². The number of aryl methyl sites for hydroxylation is 1. The number of hydrogen-bond acceptors (Lipinski definition) is 3. The molecule has 19 heavy (non-hydrogen) atoms. The molecule has 1 saturated heterocycles. The fourth-order valence-corrected chi connectivity index (χ4v) is 2.55. The van der Waals surface area contributed by atoms with Crippen molar-refractivity contribution in [2.45, 2.75) is 20.3 Å². The van der Waals surface area contributed by atoms with E-state index >= 15 is 0 Å². The lowest BCUT2D eigenvalue weighted by Gasteiger charge is -2.29. The Labute approximate surface area is 114 Å². The van der Waals surface area contributed by atoms with Gasteiger partial charge in [-0.2, -0.15) is 0 Å². The molecule has 1 amide bonds. The average Bonchev–Trinajstić information content (AvgIpc) is 2.37. The number of phenols is 1. The number of benzene rings is 1. The van der Waals surface area contributed by atoms with Crippen molar-refractivity contribution in [2.24, 2.45) is 11.8 Å². The Balaban J connectivity index is 1.93. The minimum atomic E-state index is -0.0599. The number of phenolic OH excluding ortho intramolecular Hbond substituents is 1. The summed E-state index contributed by atoms with van der Waals surface area (Å²) in [6, 6.07) is 4.83. The molecule has 2 atom stereocenters. The Morgan fingerprint density at radius 3 is 3.00 bits per heavy atom. The Morgan fingerprint density at radius 1 is 1.53 bits per heavy atom. The number of aromatic hydroxyl groups is 1. The Hall–Kier alpha value is -1.55. The number of amides is 1. The topological polar surface area (TPSA) is 61.4 Å². The summed E-state index contributed by atoms with van der Waals surface area (Å²) in [4.78, 5) is 12.1. The highest BCUT2D eigenvalue weighted by atomic mass is 16.3. The molecule has 0 spiro atoms. The predicted octanol–water partition coefficient (Wildman–Crippen LogP) is 1.68. The van der Waals surface area contributed by atoms with Crippen LogP contribution in [0, 0.1) is 18.8 Å². The van der Waals surface area contributed by atoms with Crippen molar-refractivity contribution in [1.29, 1.82) is 0 Å². The maximum atomic E-state index is 12.1. The van der Waals surface area contributed by atoms with E-state index in [0.717, 1.165) is 18.7 Å². The van der Waals surface area contributed by atoms with E-state index in [1.54, 1.807) is 18.2 Å². The van der Waals surface area contributed by atoms with Crippen molar-refractivity contribution in [3.05, 3.63) is 29.3 Å². The van der Waals surface area contributed by atoms with Gasteiger partial charge < -0.3 is 15.7 Å². The second-order valence-corrected chi connectivity index (χ2v) is 5.44. The van der Waals surface area contributed by atoms with E-state index in [-0.39, 0.29) is 11.7 Å². The molecular formula is C15H22N2O2. The van der Waals surface area contributed by atoms with Crippen molar-refractivity contribution < 1.29 is 9.90 Å². The molecule has 1 aromatic rings. The number of hydrogen-bond donors (Lipinski definition) is 3. The van der Waals surface area contributed by atoms with Gasteiger partial charge in [-0.15, -0.1) is 0 Å². The van der Waals surface area contributed by atoms with E-state index in [4.69, 9.17) is 0 Å². The number of carbonyl (C=O) groups is 1. The largest absolute Gasteiger partial charge is 0.508 e. The number of rotatable bonds is 3. The third kappa shape index (κ3) is 3.47. The molecule has 1 aliphatic heterocycles. The van der Waals surface area contributed by atoms with E-state index < -0.39 is 0 Å². The molecule has 0 aromatic heterocycles. The predicted molar refractivity (Wildman–Crippen MR) is 75.3 cm³/mol. The molecule has 4 nitrogen and oxygen atoms in total. The van der Waals surface area contributed by atoms with Crippen LogP contribution in [0.4, 0.5) is 0 Å². The van der Waals surface area contributed by atoms with Gasteiger partial charge in [-0.3, -0.25) is 4.79 Å². The van der Waals surface area contributed by atoms with Crippen LogP contribution in [0.25, 0.3) is 0 Å². The van der Waals surface area contributed by atoms with Crippen LogP contribution < -0.4 is 10.6 Å². The third-order valence-corrected chi connectivity index (χ3v) is 3.97. The molecule has 1 aliphatic rings. The molecule has 1 aromatic carbocycles. The monoisotopic (exact) mass is 262 g/mol. The average molecular weight is 262 g/mol. The summed E-state index contributed by atoms with van der Waals surface area (Å²) in [5.74, 6) is 1.27. The summed E-state index contributed by atoms with van der Waals surface area (Å²) in [7, 11) is 0. The number of carbonyl (C=O) groups excluding carboxylic acids is 1. The second kappa shape index (κ2) is 6.06. The molecule has 3 N–H and O–H groups in total. The first kappa shape index (κ1) is 13.9. The zero-order valence-corrected chi connectivity index (χ0v) is 11.6. The molecule has 4 heteroatoms. The van der Waals surface area contributed by atoms with Crippen LogP contribution in [0.2, 0.25) is 0 Å². The van der Waals surface area contributed by atoms with Crippen molar-refractivity contribution in [3.8, 4) is 5.75 Å². The normalized spacial score (nSPS) is 23.1. The summed E-state index contributed by atoms with van der Waals surface area (Å²) >= 11 is 0. The first-order valence-electron chi connectivity index (χ1n) is 6.86. The van der Waals surface area contributed by atoms with Gasteiger partial charge in [0.2, 0.25) is 0 Å². The van der Waals surface area contributed by atoms with Gasteiger partial charge in [0.25, 0.3) is 5.91 Å². The lowest BCUT2D eigenvalue weighted by atomic mass is 9.88. The standard InChI is InChI=1S/C15H22N2O2/c1-10-5-6-16-8-12(10)9-17-15(19)14-4-3-13(18)7-11(14)2/h3-4,7,10,12,16,18H,5-6,8-9H2,1-2H3,(H,17,19). The van der Waals surface area contributed by atoms with Crippen LogP contribution in [-0.2, 0) is 0 Å². The van der Waals surface area contributed by atoms with Crippen LogP contribution in [0.5, 0.6) is 5.75 Å². The van der Waals surface area contributed by atoms with Crippen LogP contribution in [0.15, 0.2) is 18.2 Å². The Bertz CT molecular complexity index is 459. The SMILES string of the molecule is Cc1cc(O)ccc1C(=O)NCC1CNCCC1C. The maximum absolute atomic E-state index is 12.1. The van der Waals surface area contributed by atoms with Crippen molar-refractivity contribution in [3.63, 3.8) is 0 Å². The van der Waals surface area contributed by atoms with Gasteiger partial charge in [-0.05, 0) is 62.0 Å². The fraction of sp³-hybridized carbons (Fsp3) is 0.533. The highest BCUT2D eigenvalue weighted by Crippen LogP contribution is 2.18. The van der Waals surface area contributed by atoms with Crippen LogP contribution in [-0.4, -0.2) is 30.6 Å². The lowest BCUT2D eigenvalue weighted by molar-refractivity contribution is 0.0938. The van der Waals surface area contributed by atoms with Gasteiger partial charge in [0.1, 0.15) is 5.75 Å². The zero-order valence-electron chi connectivity index (χ0n) is 11.6. The summed E-state index contributed by atoms with van der Waals surface area (Å²) in [5, 5.41) is 15.7. The summed E-state index contributed by atoms with van der Waals surface area (Å²) < 4.78 is 0. The molecule has 0 radical (unpaired) electrons. The third-order valence-electron chi connectivity index (χ3n) is 3.97. The highest BCUT2D eigenvalue weighted by Gasteiger charge is 2.21. The van der Waals surface area contributed by atoms with Crippen LogP contribution in [0.1, 0.15) is 29.3 Å². The molecule has 1 fully saturated rings. The summed E-state index contributed by atoms with van der Waals surface area (Å²) in [6.45, 7) is 6.81. The van der Waals surface area contributed by atoms with Gasteiger partial charge in [0.05, 0.1) is 0 Å². The van der Waals surface area contributed by atoms with E-state index in [0.29, 0.717) is 23.9 Å². The van der Waals surface area contributed by atoms with E-state index in [9.17, 15) is 9.90 Å². The lowest BCUT2D eigenvalue weighted by Crippen LogP contribution is -2.42. The second-order valence-electron chi connectivity index (χ2n) is 5.44. The van der Waals surface area contributed by atoms with Crippen molar-refractivity contribution >= 4 is 5.91 Å². The first-order valence-corrected chi connectivity index (χ1v) is 6.86. The van der Waals surface area contributed by atoms with Gasteiger partial charge in [-0.25, -0.2) is 0 Å². The van der Waals surface area contributed by atoms with Crippen molar-refractivity contribution in [1.82, 2.24) is 10.6 Å². The van der Waals surface area contributed by atoms with Crippen LogP contribution in [0.3, 0.4) is 0 Å². The Kier molecular flexibility index (Phi) is 4.43. The molecule has 2 unspecified atom stereocenters. The molecule has 1 heterocycles. The quantitative estimate of drug-likeness (QED) is 0.776. The molecule has 2 rings (SSSR count). The Morgan fingerprint density at radius 2 is 2.32 bits per heavy atom. The summed E-state index contributed by atoms with van der Waals surface area (Å²) in [6.07, 6.45) is 1.17. The minimum Gasteiger partial charge on any atom is -0.508 e. The number of piperidine rings is 1. The first-order chi connectivity index (χ1) is 9.08. The zero-order chi connectivity index (χ0) is 13.8. The molecular weight excluding hydrogens is 240 g/mol. The fourth-order valence-electron chi connectivity index (χ4n) is 2.55. The van der Waals surface area contributed by atoms with Crippen LogP contribution >= 0.6 is 0 Å². The van der Waals surface area contributed by atoms with Crippen molar-refractivity contribution in [2.75, 3.05) is 19.6 Å². The molecule has 0 aliphatic carbocycles. The highest BCUT2D eigenvalue weighted by molar-refractivity contribution is 5.95. The van der Waals surface area contributed by atoms with E-state index in [2.05, 4.69) is 17.6 Å².